The van der Waals surface area contributed by atoms with E-state index in [0.717, 1.165) is 6.42 Å². The highest BCUT2D eigenvalue weighted by atomic mass is 14.5. The Morgan fingerprint density at radius 1 is 1.60 bits per heavy atom. The van der Waals surface area contributed by atoms with Crippen LogP contribution in [0.4, 0.5) is 0 Å². The molecular formula is C9H15N. The van der Waals surface area contributed by atoms with Gasteiger partial charge in [0, 0.05) is 6.54 Å². The molecule has 0 aliphatic rings. The van der Waals surface area contributed by atoms with Crippen LogP contribution in [0.1, 0.15) is 20.3 Å². The van der Waals surface area contributed by atoms with Gasteiger partial charge in [-0.3, -0.25) is 0 Å². The second-order valence-electron chi connectivity index (χ2n) is 2.11. The molecule has 0 heterocycles. The molecule has 1 heteroatoms. The van der Waals surface area contributed by atoms with Gasteiger partial charge in [-0.1, -0.05) is 19.1 Å². The van der Waals surface area contributed by atoms with E-state index in [1.54, 1.807) is 0 Å². The van der Waals surface area contributed by atoms with E-state index < -0.39 is 0 Å². The SMILES string of the molecule is CCC(C)=C=C/C=C\CN. The maximum Gasteiger partial charge on any atom is 0.0110 e. The van der Waals surface area contributed by atoms with E-state index >= 15 is 0 Å². The standard InChI is InChI=1S/C9H15N/c1-3-9(2)7-5-4-6-8-10/h4-6H,3,8,10H2,1-2H3/b6-4-. The van der Waals surface area contributed by atoms with Gasteiger partial charge in [0.1, 0.15) is 0 Å². The molecule has 0 aromatic heterocycles. The number of hydrogen-bond acceptors (Lipinski definition) is 1. The van der Waals surface area contributed by atoms with Crippen molar-refractivity contribution < 1.29 is 0 Å². The van der Waals surface area contributed by atoms with Crippen LogP contribution in [0.2, 0.25) is 0 Å². The first-order valence-corrected chi connectivity index (χ1v) is 3.58. The molecule has 0 aromatic carbocycles. The van der Waals surface area contributed by atoms with Crippen LogP contribution in [0.15, 0.2) is 29.5 Å². The summed E-state index contributed by atoms with van der Waals surface area (Å²) < 4.78 is 0. The molecule has 0 fully saturated rings. The molecule has 0 saturated heterocycles. The molecule has 0 saturated carbocycles. The maximum atomic E-state index is 5.24. The first-order valence-electron chi connectivity index (χ1n) is 3.58. The van der Waals surface area contributed by atoms with E-state index in [2.05, 4.69) is 19.6 Å². The fourth-order valence-corrected chi connectivity index (χ4v) is 0.439. The molecule has 0 rings (SSSR count). The summed E-state index contributed by atoms with van der Waals surface area (Å²) in [5.74, 6) is 0. The molecule has 56 valence electrons. The van der Waals surface area contributed by atoms with Crippen LogP contribution in [0, 0.1) is 0 Å². The van der Waals surface area contributed by atoms with Crippen molar-refractivity contribution in [3.05, 3.63) is 29.5 Å². The molecule has 0 aromatic rings. The van der Waals surface area contributed by atoms with Gasteiger partial charge >= 0.3 is 0 Å². The minimum absolute atomic E-state index is 0.601. The van der Waals surface area contributed by atoms with E-state index in [0.29, 0.717) is 6.54 Å². The van der Waals surface area contributed by atoms with Crippen LogP contribution in [0.5, 0.6) is 0 Å². The third kappa shape index (κ3) is 5.36. The second kappa shape index (κ2) is 6.34. The summed E-state index contributed by atoms with van der Waals surface area (Å²) in [6.45, 7) is 4.78. The van der Waals surface area contributed by atoms with E-state index in [9.17, 15) is 0 Å². The molecule has 0 radical (unpaired) electrons. The lowest BCUT2D eigenvalue weighted by atomic mass is 10.2. The topological polar surface area (TPSA) is 26.0 Å². The van der Waals surface area contributed by atoms with E-state index in [1.165, 1.54) is 5.57 Å². The van der Waals surface area contributed by atoms with Crippen molar-refractivity contribution in [3.63, 3.8) is 0 Å². The Kier molecular flexibility index (Phi) is 5.85. The van der Waals surface area contributed by atoms with Crippen LogP contribution < -0.4 is 5.73 Å². The minimum Gasteiger partial charge on any atom is -0.327 e. The Balaban J connectivity index is 3.84. The Morgan fingerprint density at radius 3 is 2.80 bits per heavy atom. The normalized spacial score (nSPS) is 9.50. The highest BCUT2D eigenvalue weighted by molar-refractivity contribution is 5.06. The minimum atomic E-state index is 0.601. The molecular weight excluding hydrogens is 122 g/mol. The Hall–Kier alpha value is -0.780. The van der Waals surface area contributed by atoms with Gasteiger partial charge in [-0.25, -0.2) is 0 Å². The van der Waals surface area contributed by atoms with E-state index in [4.69, 9.17) is 5.73 Å². The van der Waals surface area contributed by atoms with Crippen LogP contribution in [-0.4, -0.2) is 6.54 Å². The van der Waals surface area contributed by atoms with Crippen molar-refractivity contribution in [1.82, 2.24) is 0 Å². The fourth-order valence-electron chi connectivity index (χ4n) is 0.439. The smallest absolute Gasteiger partial charge is 0.0110 e. The summed E-state index contributed by atoms with van der Waals surface area (Å²) >= 11 is 0. The van der Waals surface area contributed by atoms with Gasteiger partial charge in [0.15, 0.2) is 0 Å². The van der Waals surface area contributed by atoms with Crippen LogP contribution in [0.3, 0.4) is 0 Å². The molecule has 2 N–H and O–H groups in total. The largest absolute Gasteiger partial charge is 0.327 e. The lowest BCUT2D eigenvalue weighted by Crippen LogP contribution is -1.91. The Bertz CT molecular complexity index is 160. The molecule has 0 aliphatic carbocycles. The number of hydrogen-bond donors (Lipinski definition) is 1. The van der Waals surface area contributed by atoms with Gasteiger partial charge in [0.2, 0.25) is 0 Å². The van der Waals surface area contributed by atoms with Gasteiger partial charge in [0.25, 0.3) is 0 Å². The summed E-state index contributed by atoms with van der Waals surface area (Å²) in [5, 5.41) is 0. The molecule has 0 spiro atoms. The third-order valence-electron chi connectivity index (χ3n) is 1.23. The van der Waals surface area contributed by atoms with Gasteiger partial charge in [-0.05, 0) is 25.0 Å². The maximum absolute atomic E-state index is 5.24. The van der Waals surface area contributed by atoms with Gasteiger partial charge < -0.3 is 5.73 Å². The van der Waals surface area contributed by atoms with E-state index in [1.807, 2.05) is 18.2 Å². The number of allylic oxidation sites excluding steroid dienone is 2. The zero-order valence-electron chi connectivity index (χ0n) is 6.72. The lowest BCUT2D eigenvalue weighted by molar-refractivity contribution is 1.10. The fraction of sp³-hybridized carbons (Fsp3) is 0.444. The Labute approximate surface area is 62.9 Å². The van der Waals surface area contributed by atoms with Crippen molar-refractivity contribution in [2.24, 2.45) is 5.73 Å². The molecule has 0 bridgehead atoms. The van der Waals surface area contributed by atoms with Crippen LogP contribution in [0.25, 0.3) is 0 Å². The monoisotopic (exact) mass is 137 g/mol. The summed E-state index contributed by atoms with van der Waals surface area (Å²) in [6, 6.07) is 0. The lowest BCUT2D eigenvalue weighted by Gasteiger charge is -1.82. The first-order chi connectivity index (χ1) is 4.81. The Morgan fingerprint density at radius 2 is 2.30 bits per heavy atom. The molecule has 10 heavy (non-hydrogen) atoms. The second-order valence-corrected chi connectivity index (χ2v) is 2.11. The van der Waals surface area contributed by atoms with Crippen LogP contribution >= 0.6 is 0 Å². The zero-order valence-corrected chi connectivity index (χ0v) is 6.72. The van der Waals surface area contributed by atoms with Crippen molar-refractivity contribution in [2.75, 3.05) is 6.54 Å². The molecule has 1 nitrogen and oxygen atoms in total. The number of rotatable bonds is 3. The average Bonchev–Trinajstić information content (AvgIpc) is 1.98. The highest BCUT2D eigenvalue weighted by Crippen LogP contribution is 1.93. The predicted octanol–water partition coefficient (Wildman–Crippen LogP) is 2.01. The molecule has 0 atom stereocenters. The summed E-state index contributed by atoms with van der Waals surface area (Å²) in [7, 11) is 0. The van der Waals surface area contributed by atoms with E-state index in [-0.39, 0.29) is 0 Å². The molecule has 0 unspecified atom stereocenters. The van der Waals surface area contributed by atoms with Gasteiger partial charge in [-0.15, -0.1) is 5.73 Å². The zero-order chi connectivity index (χ0) is 7.82. The summed E-state index contributed by atoms with van der Waals surface area (Å²) in [5.41, 5.74) is 9.62. The molecule has 0 aliphatic heterocycles. The van der Waals surface area contributed by atoms with Crippen molar-refractivity contribution in [1.29, 1.82) is 0 Å². The van der Waals surface area contributed by atoms with Gasteiger partial charge in [-0.2, -0.15) is 0 Å². The highest BCUT2D eigenvalue weighted by Gasteiger charge is 1.74. The van der Waals surface area contributed by atoms with Crippen molar-refractivity contribution in [3.8, 4) is 0 Å². The number of nitrogens with two attached hydrogens (primary N) is 1. The van der Waals surface area contributed by atoms with Crippen molar-refractivity contribution >= 4 is 0 Å². The predicted molar refractivity (Wildman–Crippen MR) is 45.8 cm³/mol. The average molecular weight is 137 g/mol. The first kappa shape index (κ1) is 9.22. The summed E-state index contributed by atoms with van der Waals surface area (Å²) in [6.07, 6.45) is 6.77. The molecule has 0 amide bonds. The van der Waals surface area contributed by atoms with Crippen LogP contribution in [-0.2, 0) is 0 Å². The summed E-state index contributed by atoms with van der Waals surface area (Å²) in [4.78, 5) is 0. The third-order valence-corrected chi connectivity index (χ3v) is 1.23. The van der Waals surface area contributed by atoms with Gasteiger partial charge in [0.05, 0.1) is 0 Å². The quantitative estimate of drug-likeness (QED) is 0.467. The van der Waals surface area contributed by atoms with Crippen molar-refractivity contribution in [2.45, 2.75) is 20.3 Å².